The first-order valence-corrected chi connectivity index (χ1v) is 11.8. The van der Waals surface area contributed by atoms with E-state index in [2.05, 4.69) is 47.7 Å². The van der Waals surface area contributed by atoms with Gasteiger partial charge in [-0.15, -0.1) is 0 Å². The molecule has 0 atom stereocenters. The van der Waals surface area contributed by atoms with Crippen LogP contribution in [0, 0.1) is 5.92 Å². The molecule has 0 saturated heterocycles. The predicted octanol–water partition coefficient (Wildman–Crippen LogP) is 6.71. The SMILES string of the molecule is C=C(C)C(=O)OCCC[C@H]1CC[C@H](c2ccc(-c3ccc(/C=C/C(=O)OC)cc3)cc2)CC1. The molecule has 2 aromatic rings. The molecule has 0 amide bonds. The molecular weight excluding hydrogens is 412 g/mol. The first-order valence-electron chi connectivity index (χ1n) is 11.8. The molecule has 0 bridgehead atoms. The summed E-state index contributed by atoms with van der Waals surface area (Å²) in [6.45, 7) is 5.79. The fraction of sp³-hybridized carbons (Fsp3) is 0.379. The van der Waals surface area contributed by atoms with E-state index in [1.54, 1.807) is 13.0 Å². The minimum atomic E-state index is -0.354. The van der Waals surface area contributed by atoms with Crippen LogP contribution < -0.4 is 0 Å². The molecule has 174 valence electrons. The van der Waals surface area contributed by atoms with Gasteiger partial charge in [-0.2, -0.15) is 0 Å². The van der Waals surface area contributed by atoms with Gasteiger partial charge in [0.25, 0.3) is 0 Å². The number of ether oxygens (including phenoxy) is 2. The molecule has 0 aromatic heterocycles. The van der Waals surface area contributed by atoms with Crippen molar-refractivity contribution >= 4 is 18.0 Å². The Labute approximate surface area is 197 Å². The van der Waals surface area contributed by atoms with Gasteiger partial charge in [-0.25, -0.2) is 9.59 Å². The van der Waals surface area contributed by atoms with Gasteiger partial charge in [0.2, 0.25) is 0 Å². The van der Waals surface area contributed by atoms with Gasteiger partial charge < -0.3 is 9.47 Å². The molecular formula is C29H34O4. The van der Waals surface area contributed by atoms with E-state index in [9.17, 15) is 9.59 Å². The highest BCUT2D eigenvalue weighted by Crippen LogP contribution is 2.38. The molecule has 4 heteroatoms. The quantitative estimate of drug-likeness (QED) is 0.244. The van der Waals surface area contributed by atoms with Crippen molar-refractivity contribution in [3.05, 3.63) is 77.9 Å². The van der Waals surface area contributed by atoms with Gasteiger partial charge in [0.05, 0.1) is 13.7 Å². The minimum Gasteiger partial charge on any atom is -0.466 e. The van der Waals surface area contributed by atoms with Crippen molar-refractivity contribution in [3.63, 3.8) is 0 Å². The first-order chi connectivity index (χ1) is 16.0. The average Bonchev–Trinajstić information content (AvgIpc) is 2.85. The summed E-state index contributed by atoms with van der Waals surface area (Å²) < 4.78 is 9.83. The molecule has 4 nitrogen and oxygen atoms in total. The fourth-order valence-electron chi connectivity index (χ4n) is 4.41. The van der Waals surface area contributed by atoms with Gasteiger partial charge in [-0.1, -0.05) is 55.1 Å². The van der Waals surface area contributed by atoms with Crippen LogP contribution in [0.15, 0.2) is 66.8 Å². The van der Waals surface area contributed by atoms with Crippen LogP contribution in [0.1, 0.15) is 62.5 Å². The second-order valence-electron chi connectivity index (χ2n) is 8.88. The minimum absolute atomic E-state index is 0.284. The lowest BCUT2D eigenvalue weighted by Gasteiger charge is -2.29. The molecule has 1 fully saturated rings. The van der Waals surface area contributed by atoms with Crippen LogP contribution in [0.25, 0.3) is 17.2 Å². The van der Waals surface area contributed by atoms with Crippen molar-refractivity contribution < 1.29 is 19.1 Å². The summed E-state index contributed by atoms with van der Waals surface area (Å²) >= 11 is 0. The number of hydrogen-bond acceptors (Lipinski definition) is 4. The van der Waals surface area contributed by atoms with E-state index in [1.807, 2.05) is 12.1 Å². The van der Waals surface area contributed by atoms with Crippen molar-refractivity contribution in [1.82, 2.24) is 0 Å². The number of carbonyl (C=O) groups excluding carboxylic acids is 2. The maximum Gasteiger partial charge on any atom is 0.333 e. The third-order valence-electron chi connectivity index (χ3n) is 6.42. The Morgan fingerprint density at radius 3 is 2.15 bits per heavy atom. The summed E-state index contributed by atoms with van der Waals surface area (Å²) in [6, 6.07) is 17.1. The number of esters is 2. The van der Waals surface area contributed by atoms with E-state index in [0.717, 1.165) is 29.9 Å². The zero-order valence-corrected chi connectivity index (χ0v) is 19.7. The Balaban J connectivity index is 1.46. The summed E-state index contributed by atoms with van der Waals surface area (Å²) in [5, 5.41) is 0. The maximum atomic E-state index is 11.4. The van der Waals surface area contributed by atoms with E-state index in [4.69, 9.17) is 4.74 Å². The molecule has 3 rings (SSSR count). The van der Waals surface area contributed by atoms with E-state index < -0.39 is 0 Å². The third kappa shape index (κ3) is 7.45. The topological polar surface area (TPSA) is 52.6 Å². The highest BCUT2D eigenvalue weighted by Gasteiger charge is 2.22. The van der Waals surface area contributed by atoms with E-state index in [0.29, 0.717) is 18.1 Å². The zero-order valence-electron chi connectivity index (χ0n) is 19.7. The van der Waals surface area contributed by atoms with Gasteiger partial charge in [-0.3, -0.25) is 0 Å². The standard InChI is InChI=1S/C29H34O4/c1-21(2)29(31)33-20-4-5-22-6-11-24(12-7-22)26-15-17-27(18-16-26)25-13-8-23(9-14-25)10-19-28(30)32-3/h8-10,13-19,22,24H,1,4-7,11-12,20H2,2-3H3/b19-10+/t22-,24-. The lowest BCUT2D eigenvalue weighted by Crippen LogP contribution is -2.14. The second-order valence-corrected chi connectivity index (χ2v) is 8.88. The summed E-state index contributed by atoms with van der Waals surface area (Å²) in [5.41, 5.74) is 5.20. The van der Waals surface area contributed by atoms with Crippen molar-refractivity contribution in [2.24, 2.45) is 5.92 Å². The molecule has 0 N–H and O–H groups in total. The van der Waals surface area contributed by atoms with E-state index in [1.165, 1.54) is 50.0 Å². The Kier molecular flexibility index (Phi) is 9.05. The Hall–Kier alpha value is -3.14. The van der Waals surface area contributed by atoms with E-state index >= 15 is 0 Å². The van der Waals surface area contributed by atoms with Gasteiger partial charge in [0.15, 0.2) is 0 Å². The number of benzene rings is 2. The van der Waals surface area contributed by atoms with Crippen LogP contribution in [0.4, 0.5) is 0 Å². The zero-order chi connectivity index (χ0) is 23.6. The lowest BCUT2D eigenvalue weighted by atomic mass is 9.77. The Morgan fingerprint density at radius 1 is 0.970 bits per heavy atom. The molecule has 0 aliphatic heterocycles. The lowest BCUT2D eigenvalue weighted by molar-refractivity contribution is -0.139. The molecule has 2 aromatic carbocycles. The van der Waals surface area contributed by atoms with Crippen molar-refractivity contribution in [3.8, 4) is 11.1 Å². The number of methoxy groups -OCH3 is 1. The van der Waals surface area contributed by atoms with Crippen LogP contribution in [0.5, 0.6) is 0 Å². The average molecular weight is 447 g/mol. The fourth-order valence-corrected chi connectivity index (χ4v) is 4.41. The summed E-state index contributed by atoms with van der Waals surface area (Å²) in [6.07, 6.45) is 10.2. The van der Waals surface area contributed by atoms with Crippen LogP contribution >= 0.6 is 0 Å². The monoisotopic (exact) mass is 446 g/mol. The molecule has 0 spiro atoms. The molecule has 0 unspecified atom stereocenters. The van der Waals surface area contributed by atoms with Gasteiger partial charge >= 0.3 is 11.9 Å². The van der Waals surface area contributed by atoms with Gasteiger partial charge in [-0.05, 0) is 85.6 Å². The molecule has 1 aliphatic rings. The van der Waals surface area contributed by atoms with Gasteiger partial charge in [0, 0.05) is 11.6 Å². The number of hydrogen-bond donors (Lipinski definition) is 0. The van der Waals surface area contributed by atoms with Crippen molar-refractivity contribution in [1.29, 1.82) is 0 Å². The predicted molar refractivity (Wildman–Crippen MR) is 133 cm³/mol. The molecule has 0 heterocycles. The second kappa shape index (κ2) is 12.2. The number of rotatable bonds is 9. The summed E-state index contributed by atoms with van der Waals surface area (Å²) in [7, 11) is 1.37. The maximum absolute atomic E-state index is 11.4. The molecule has 0 radical (unpaired) electrons. The van der Waals surface area contributed by atoms with Crippen LogP contribution in [-0.2, 0) is 19.1 Å². The van der Waals surface area contributed by atoms with Gasteiger partial charge in [0.1, 0.15) is 0 Å². The van der Waals surface area contributed by atoms with Crippen LogP contribution in [-0.4, -0.2) is 25.7 Å². The highest BCUT2D eigenvalue weighted by molar-refractivity contribution is 5.87. The summed E-state index contributed by atoms with van der Waals surface area (Å²) in [4.78, 5) is 22.7. The third-order valence-corrected chi connectivity index (χ3v) is 6.42. The highest BCUT2D eigenvalue weighted by atomic mass is 16.5. The molecule has 33 heavy (non-hydrogen) atoms. The van der Waals surface area contributed by atoms with Crippen LogP contribution in [0.2, 0.25) is 0 Å². The number of carbonyl (C=O) groups is 2. The Bertz CT molecular complexity index is 962. The largest absolute Gasteiger partial charge is 0.466 e. The van der Waals surface area contributed by atoms with Crippen molar-refractivity contribution in [2.75, 3.05) is 13.7 Å². The smallest absolute Gasteiger partial charge is 0.333 e. The molecule has 1 saturated carbocycles. The first kappa shape index (κ1) is 24.5. The van der Waals surface area contributed by atoms with Crippen molar-refractivity contribution in [2.45, 2.75) is 51.4 Å². The molecule has 1 aliphatic carbocycles. The Morgan fingerprint density at radius 2 is 1.58 bits per heavy atom. The normalized spacial score (nSPS) is 18.1. The summed E-state index contributed by atoms with van der Waals surface area (Å²) in [5.74, 6) is 0.722. The van der Waals surface area contributed by atoms with Crippen LogP contribution in [0.3, 0.4) is 0 Å². The van der Waals surface area contributed by atoms with E-state index in [-0.39, 0.29) is 11.9 Å².